The third kappa shape index (κ3) is 4.87. The second-order valence-corrected chi connectivity index (χ2v) is 1.83. The lowest BCUT2D eigenvalue weighted by Crippen LogP contribution is -2.03. The molecule has 0 aliphatic rings. The largest absolute Gasteiger partial charge is 0.313 e. The molecule has 0 radical (unpaired) electrons. The minimum Gasteiger partial charge on any atom is -0.313 e. The molecule has 0 spiro atoms. The van der Waals surface area contributed by atoms with Crippen molar-refractivity contribution in [3.63, 3.8) is 0 Å². The smallest absolute Gasteiger partial charge is 0.145 e. The van der Waals surface area contributed by atoms with Crippen LogP contribution in [0, 0.1) is 5.41 Å². The van der Waals surface area contributed by atoms with Crippen LogP contribution < -0.4 is 0 Å². The van der Waals surface area contributed by atoms with Crippen LogP contribution in [0.4, 0.5) is 0 Å². The van der Waals surface area contributed by atoms with Gasteiger partial charge in [0.1, 0.15) is 11.6 Å². The first kappa shape index (κ1) is 8.01. The molecule has 0 aromatic heterocycles. The highest BCUT2D eigenvalue weighted by atomic mass is 16.1. The average molecular weight is 127 g/mol. The van der Waals surface area contributed by atoms with Gasteiger partial charge >= 0.3 is 0 Å². The number of nitrogens with one attached hydrogen (secondary N) is 1. The van der Waals surface area contributed by atoms with Crippen LogP contribution in [0.15, 0.2) is 0 Å². The lowest BCUT2D eigenvalue weighted by Gasteiger charge is -1.88. The molecular formula is C6H9NO2. The highest BCUT2D eigenvalue weighted by molar-refractivity contribution is 6.02. The van der Waals surface area contributed by atoms with Crippen molar-refractivity contribution in [3.05, 3.63) is 0 Å². The van der Waals surface area contributed by atoms with E-state index in [1.165, 1.54) is 6.92 Å². The SMILES string of the molecule is CC(=O)CC(=O)CC=N. The Labute approximate surface area is 53.6 Å². The first-order valence-corrected chi connectivity index (χ1v) is 2.67. The van der Waals surface area contributed by atoms with Crippen LogP contribution in [0.5, 0.6) is 0 Å². The standard InChI is InChI=1S/C6H9NO2/c1-5(8)4-6(9)2-3-7/h3,7H,2,4H2,1H3. The third-order valence-electron chi connectivity index (χ3n) is 0.776. The van der Waals surface area contributed by atoms with E-state index < -0.39 is 0 Å². The lowest BCUT2D eigenvalue weighted by molar-refractivity contribution is -0.125. The van der Waals surface area contributed by atoms with Gasteiger partial charge < -0.3 is 5.41 Å². The Bertz CT molecular complexity index is 140. The van der Waals surface area contributed by atoms with Gasteiger partial charge in [-0.15, -0.1) is 0 Å². The zero-order chi connectivity index (χ0) is 7.28. The average Bonchev–Trinajstić information content (AvgIpc) is 1.63. The van der Waals surface area contributed by atoms with Gasteiger partial charge in [-0.25, -0.2) is 0 Å². The molecule has 0 rings (SSSR count). The molecule has 0 saturated heterocycles. The first-order chi connectivity index (χ1) is 4.16. The van der Waals surface area contributed by atoms with Crippen LogP contribution in [0.25, 0.3) is 0 Å². The number of Topliss-reactive ketones (excluding diaryl/α,β-unsaturated/α-hetero) is 2. The number of carbonyl (C=O) groups is 2. The van der Waals surface area contributed by atoms with E-state index in [1.54, 1.807) is 0 Å². The molecule has 0 atom stereocenters. The van der Waals surface area contributed by atoms with E-state index in [4.69, 9.17) is 5.41 Å². The Morgan fingerprint density at radius 2 is 2.11 bits per heavy atom. The van der Waals surface area contributed by atoms with Crippen molar-refractivity contribution in [1.29, 1.82) is 5.41 Å². The summed E-state index contributed by atoms with van der Waals surface area (Å²) >= 11 is 0. The van der Waals surface area contributed by atoms with Crippen LogP contribution in [0.2, 0.25) is 0 Å². The summed E-state index contributed by atoms with van der Waals surface area (Å²) in [5, 5.41) is 6.52. The van der Waals surface area contributed by atoms with E-state index in [0.717, 1.165) is 6.21 Å². The molecule has 0 aromatic carbocycles. The van der Waals surface area contributed by atoms with E-state index in [1.807, 2.05) is 0 Å². The molecule has 3 heteroatoms. The van der Waals surface area contributed by atoms with Crippen molar-refractivity contribution in [3.8, 4) is 0 Å². The van der Waals surface area contributed by atoms with Crippen molar-refractivity contribution in [2.45, 2.75) is 19.8 Å². The topological polar surface area (TPSA) is 58.0 Å². The second-order valence-electron chi connectivity index (χ2n) is 1.83. The van der Waals surface area contributed by atoms with Gasteiger partial charge in [-0.3, -0.25) is 9.59 Å². The van der Waals surface area contributed by atoms with Crippen molar-refractivity contribution in [2.75, 3.05) is 0 Å². The molecule has 0 aliphatic carbocycles. The van der Waals surface area contributed by atoms with E-state index >= 15 is 0 Å². The van der Waals surface area contributed by atoms with Crippen molar-refractivity contribution in [2.24, 2.45) is 0 Å². The van der Waals surface area contributed by atoms with Gasteiger partial charge in [-0.05, 0) is 6.92 Å². The molecule has 0 saturated carbocycles. The van der Waals surface area contributed by atoms with Crippen molar-refractivity contribution >= 4 is 17.8 Å². The van der Waals surface area contributed by atoms with Gasteiger partial charge in [0.05, 0.1) is 6.42 Å². The van der Waals surface area contributed by atoms with Gasteiger partial charge in [-0.1, -0.05) is 0 Å². The number of hydrogen-bond acceptors (Lipinski definition) is 3. The molecule has 50 valence electrons. The zero-order valence-electron chi connectivity index (χ0n) is 5.31. The second kappa shape index (κ2) is 3.95. The van der Waals surface area contributed by atoms with Crippen LogP contribution in [-0.4, -0.2) is 17.8 Å². The molecule has 0 amide bonds. The van der Waals surface area contributed by atoms with Gasteiger partial charge in [0.25, 0.3) is 0 Å². The lowest BCUT2D eigenvalue weighted by atomic mass is 10.2. The van der Waals surface area contributed by atoms with E-state index in [0.29, 0.717) is 0 Å². The predicted molar refractivity (Wildman–Crippen MR) is 33.7 cm³/mol. The molecule has 0 heterocycles. The normalized spacial score (nSPS) is 8.56. The van der Waals surface area contributed by atoms with Crippen LogP contribution in [0.3, 0.4) is 0 Å². The quantitative estimate of drug-likeness (QED) is 0.443. The maximum absolute atomic E-state index is 10.5. The van der Waals surface area contributed by atoms with E-state index in [2.05, 4.69) is 0 Å². The molecule has 1 N–H and O–H groups in total. The van der Waals surface area contributed by atoms with Crippen LogP contribution in [0.1, 0.15) is 19.8 Å². The monoisotopic (exact) mass is 127 g/mol. The highest BCUT2D eigenvalue weighted by Crippen LogP contribution is 1.87. The minimum absolute atomic E-state index is 0.0324. The molecule has 0 unspecified atom stereocenters. The van der Waals surface area contributed by atoms with E-state index in [-0.39, 0.29) is 24.4 Å². The Morgan fingerprint density at radius 3 is 2.44 bits per heavy atom. The summed E-state index contributed by atoms with van der Waals surface area (Å²) in [6.07, 6.45) is 1.06. The summed E-state index contributed by atoms with van der Waals surface area (Å²) in [6, 6.07) is 0. The fraction of sp³-hybridized carbons (Fsp3) is 0.500. The fourth-order valence-corrected chi connectivity index (χ4v) is 0.464. The fourth-order valence-electron chi connectivity index (χ4n) is 0.464. The maximum Gasteiger partial charge on any atom is 0.145 e. The van der Waals surface area contributed by atoms with Gasteiger partial charge in [0, 0.05) is 12.6 Å². The Morgan fingerprint density at radius 1 is 1.56 bits per heavy atom. The predicted octanol–water partition coefficient (Wildman–Crippen LogP) is 0.574. The van der Waals surface area contributed by atoms with Gasteiger partial charge in [-0.2, -0.15) is 0 Å². The number of carbonyl (C=O) groups excluding carboxylic acids is 2. The zero-order valence-corrected chi connectivity index (χ0v) is 5.31. The molecule has 9 heavy (non-hydrogen) atoms. The Balaban J connectivity index is 3.50. The number of rotatable bonds is 4. The summed E-state index contributed by atoms with van der Waals surface area (Å²) in [4.78, 5) is 20.7. The molecule has 0 bridgehead atoms. The first-order valence-electron chi connectivity index (χ1n) is 2.67. The van der Waals surface area contributed by atoms with Crippen LogP contribution in [-0.2, 0) is 9.59 Å². The van der Waals surface area contributed by atoms with Crippen molar-refractivity contribution < 1.29 is 9.59 Å². The third-order valence-corrected chi connectivity index (χ3v) is 0.776. The molecule has 3 nitrogen and oxygen atoms in total. The van der Waals surface area contributed by atoms with E-state index in [9.17, 15) is 9.59 Å². The summed E-state index contributed by atoms with van der Waals surface area (Å²) in [7, 11) is 0. The maximum atomic E-state index is 10.5. The van der Waals surface area contributed by atoms with Gasteiger partial charge in [0.2, 0.25) is 0 Å². The molecule has 0 fully saturated rings. The summed E-state index contributed by atoms with van der Waals surface area (Å²) in [6.45, 7) is 1.36. The molecular weight excluding hydrogens is 118 g/mol. The number of hydrogen-bond donors (Lipinski definition) is 1. The summed E-state index contributed by atoms with van der Waals surface area (Å²) < 4.78 is 0. The molecule has 0 aromatic rings. The molecule has 0 aliphatic heterocycles. The highest BCUT2D eigenvalue weighted by Gasteiger charge is 2.01. The Hall–Kier alpha value is -0.990. The van der Waals surface area contributed by atoms with Crippen LogP contribution >= 0.6 is 0 Å². The Kier molecular flexibility index (Phi) is 3.51. The van der Waals surface area contributed by atoms with Gasteiger partial charge in [0.15, 0.2) is 0 Å². The van der Waals surface area contributed by atoms with Crippen molar-refractivity contribution in [1.82, 2.24) is 0 Å². The minimum atomic E-state index is -0.183. The number of ketones is 2. The summed E-state index contributed by atoms with van der Waals surface area (Å²) in [5.74, 6) is -0.320. The summed E-state index contributed by atoms with van der Waals surface area (Å²) in [5.41, 5.74) is 0.